The number of hydrogen-bond donors (Lipinski definition) is 5. The predicted octanol–water partition coefficient (Wildman–Crippen LogP) is 4.75. The number of esters is 1. The van der Waals surface area contributed by atoms with Gasteiger partial charge in [-0.1, -0.05) is 45.9 Å². The topological polar surface area (TPSA) is 214 Å². The number of hydrogen-bond acceptors (Lipinski definition) is 14. The van der Waals surface area contributed by atoms with Gasteiger partial charge in [0.25, 0.3) is 17.6 Å². The number of nitrogens with one attached hydrogen (secondary N) is 1. The van der Waals surface area contributed by atoms with Crippen LogP contribution in [0, 0.1) is 30.6 Å². The Kier molecular flexibility index (Phi) is 14.8. The van der Waals surface area contributed by atoms with Crippen LogP contribution in [0.5, 0.6) is 23.0 Å². The van der Waals surface area contributed by atoms with E-state index in [1.54, 1.807) is 65.9 Å². The fraction of sp³-hybridized carbons (Fsp3) is 0.535. The number of aromatic hydroxyl groups is 2. The van der Waals surface area contributed by atoms with Gasteiger partial charge in [-0.2, -0.15) is 0 Å². The third-order valence-electron chi connectivity index (χ3n) is 11.2. The number of likely N-dealkylation sites (N-methyl/N-ethyl adjacent to an activating group) is 1. The molecule has 3 aliphatic heterocycles. The molecule has 3 aliphatic rings. The van der Waals surface area contributed by atoms with E-state index in [-0.39, 0.29) is 44.7 Å². The van der Waals surface area contributed by atoms with Crippen LogP contribution in [-0.2, 0) is 28.6 Å². The lowest BCUT2D eigenvalue weighted by molar-refractivity contribution is -0.160. The van der Waals surface area contributed by atoms with Crippen molar-refractivity contribution in [3.05, 3.63) is 53.3 Å². The number of rotatable bonds is 7. The molecule has 5 bridgehead atoms. The number of phenols is 2. The first-order valence-electron chi connectivity index (χ1n) is 19.6. The number of benzene rings is 2. The largest absolute Gasteiger partial charge is 0.507 e. The number of anilines is 1. The van der Waals surface area contributed by atoms with Crippen molar-refractivity contribution >= 4 is 40.0 Å². The highest BCUT2D eigenvalue weighted by molar-refractivity contribution is 6.21. The minimum Gasteiger partial charge on any atom is -0.507 e. The fourth-order valence-electron chi connectivity index (χ4n) is 7.64. The molecular formula is C43H59N3O13. The summed E-state index contributed by atoms with van der Waals surface area (Å²) in [6.07, 6.45) is 3.56. The van der Waals surface area contributed by atoms with E-state index in [1.807, 2.05) is 0 Å². The number of nitrogens with zero attached hydrogens (tertiary/aromatic N) is 2. The number of ketones is 1. The van der Waals surface area contributed by atoms with Gasteiger partial charge in [-0.15, -0.1) is 0 Å². The van der Waals surface area contributed by atoms with Crippen molar-refractivity contribution in [1.29, 1.82) is 0 Å². The Morgan fingerprint density at radius 3 is 2.22 bits per heavy atom. The van der Waals surface area contributed by atoms with E-state index in [1.165, 1.54) is 64.3 Å². The molecule has 0 saturated carbocycles. The number of phenolic OH excluding ortho intramolecular Hbond substituents is 2. The molecule has 0 aliphatic carbocycles. The van der Waals surface area contributed by atoms with Gasteiger partial charge in [-0.05, 0) is 26.8 Å². The first kappa shape index (κ1) is 46.5. The van der Waals surface area contributed by atoms with Crippen LogP contribution in [0.4, 0.5) is 5.69 Å². The molecule has 324 valence electrons. The van der Waals surface area contributed by atoms with Gasteiger partial charge in [0.2, 0.25) is 0 Å². The number of aliphatic hydroxyl groups excluding tert-OH is 2. The third-order valence-corrected chi connectivity index (χ3v) is 11.2. The maximum absolute atomic E-state index is 14.5. The molecule has 5 N–H and O–H groups in total. The summed E-state index contributed by atoms with van der Waals surface area (Å²) in [6.45, 7) is 14.1. The highest BCUT2D eigenvalue weighted by Crippen LogP contribution is 2.54. The van der Waals surface area contributed by atoms with Crippen molar-refractivity contribution in [1.82, 2.24) is 10.0 Å². The Hall–Kier alpha value is -5.16. The minimum atomic E-state index is -2.03. The van der Waals surface area contributed by atoms with Gasteiger partial charge >= 0.3 is 11.8 Å². The Balaban J connectivity index is 1.94. The lowest BCUT2D eigenvalue weighted by Gasteiger charge is -2.38. The molecule has 0 fully saturated rings. The van der Waals surface area contributed by atoms with Gasteiger partial charge in [-0.3, -0.25) is 24.2 Å². The average molecular weight is 826 g/mol. The van der Waals surface area contributed by atoms with Gasteiger partial charge in [0.05, 0.1) is 41.2 Å². The zero-order chi connectivity index (χ0) is 44.3. The molecular weight excluding hydrogens is 766 g/mol. The highest BCUT2D eigenvalue weighted by Gasteiger charge is 2.50. The molecule has 0 radical (unpaired) electrons. The number of fused-ring (bicyclic) bond motifs is 14. The normalized spacial score (nSPS) is 29.9. The second-order valence-electron chi connectivity index (χ2n) is 15.6. The zero-order valence-corrected chi connectivity index (χ0v) is 35.9. The van der Waals surface area contributed by atoms with E-state index in [0.717, 1.165) is 0 Å². The number of amides is 2. The van der Waals surface area contributed by atoms with Crippen LogP contribution in [0.25, 0.3) is 10.8 Å². The van der Waals surface area contributed by atoms with Crippen LogP contribution in [0.1, 0.15) is 71.3 Å². The second-order valence-corrected chi connectivity index (χ2v) is 15.6. The van der Waals surface area contributed by atoms with Gasteiger partial charge in [0, 0.05) is 87.9 Å². The summed E-state index contributed by atoms with van der Waals surface area (Å²) in [6, 6.07) is 1.26. The number of hydrazine groups is 1. The van der Waals surface area contributed by atoms with E-state index in [4.69, 9.17) is 23.7 Å². The van der Waals surface area contributed by atoms with Crippen molar-refractivity contribution in [2.24, 2.45) is 23.7 Å². The van der Waals surface area contributed by atoms with Crippen molar-refractivity contribution in [2.45, 2.75) is 92.5 Å². The molecule has 16 heteroatoms. The minimum absolute atomic E-state index is 0.0669. The van der Waals surface area contributed by atoms with Crippen molar-refractivity contribution in [3.63, 3.8) is 0 Å². The summed E-state index contributed by atoms with van der Waals surface area (Å²) in [7, 11) is 4.81. The molecule has 0 aromatic heterocycles. The molecule has 5 rings (SSSR count). The number of carbonyl (C=O) groups excluding carboxylic acids is 4. The molecule has 0 saturated heterocycles. The summed E-state index contributed by atoms with van der Waals surface area (Å²) in [4.78, 5) is 53.6. The van der Waals surface area contributed by atoms with E-state index >= 15 is 0 Å². The van der Waals surface area contributed by atoms with Crippen LogP contribution in [0.15, 0.2) is 42.2 Å². The summed E-state index contributed by atoms with van der Waals surface area (Å²) in [5.74, 6) is -8.19. The standard InChI is InChI=1S/C43H59N3O13/c1-13-46(45(10)11)31(48)20-56-30-19-28-38(52)33-32(30)34-40(26(7)37(33)51)59-43(9,41(34)53)57-18-17-29(55-12)23(4)39(58-27(8)47)25(6)36(50)24(5)35(49)21(2)15-14-16-22(3)42(54)44-28/h14-19,21,23-25,29,35-36,39,49-52H,13,20H2,1-12H3,(H,44,54)/b15-14+,18-17+,22-16-/t21-,23+,24+,25+,29-,35-,36+,39+,43-/m0/s1. The highest BCUT2D eigenvalue weighted by atomic mass is 16.7. The first-order chi connectivity index (χ1) is 27.6. The van der Waals surface area contributed by atoms with E-state index in [0.29, 0.717) is 6.54 Å². The number of methoxy groups -OCH3 is 1. The number of aliphatic hydroxyl groups is 2. The second kappa shape index (κ2) is 18.8. The summed E-state index contributed by atoms with van der Waals surface area (Å²) < 4.78 is 29.7. The summed E-state index contributed by atoms with van der Waals surface area (Å²) in [5, 5.41) is 51.4. The predicted molar refractivity (Wildman–Crippen MR) is 219 cm³/mol. The van der Waals surface area contributed by atoms with Crippen LogP contribution < -0.4 is 14.8 Å². The van der Waals surface area contributed by atoms with E-state index < -0.39 is 95.5 Å². The molecule has 16 nitrogen and oxygen atoms in total. The maximum atomic E-state index is 14.5. The Bertz CT molecular complexity index is 2030. The molecule has 9 atom stereocenters. The van der Waals surface area contributed by atoms with Gasteiger partial charge < -0.3 is 49.4 Å². The SMILES string of the molecule is CCN(C(=O)COc1cc2c(O)c3c(O)c(C)c4c(c13)C(=O)[C@@](C)(O/C=C/[C@H](OC)[C@@H](C)[C@@H](OC(C)=O)[C@H](C)[C@H](O)[C@H](C)[C@@H](O)[C@@H](C)/C=C/C=C(/C)C(=O)N2)O4)N(C)C. The summed E-state index contributed by atoms with van der Waals surface area (Å²) >= 11 is 0. The molecule has 2 aromatic carbocycles. The van der Waals surface area contributed by atoms with Crippen LogP contribution in [-0.4, -0.2) is 119 Å². The maximum Gasteiger partial charge on any atom is 0.312 e. The molecule has 59 heavy (non-hydrogen) atoms. The Morgan fingerprint density at radius 1 is 0.966 bits per heavy atom. The third kappa shape index (κ3) is 9.51. The van der Waals surface area contributed by atoms with Gasteiger partial charge in [-0.25, -0.2) is 5.01 Å². The smallest absolute Gasteiger partial charge is 0.312 e. The molecule has 0 unspecified atom stereocenters. The van der Waals surface area contributed by atoms with Crippen LogP contribution >= 0.6 is 0 Å². The summed E-state index contributed by atoms with van der Waals surface area (Å²) in [5.41, 5.74) is -0.0467. The number of allylic oxidation sites excluding steroid dienone is 2. The van der Waals surface area contributed by atoms with Gasteiger partial charge in [0.1, 0.15) is 23.4 Å². The van der Waals surface area contributed by atoms with Crippen LogP contribution in [0.3, 0.4) is 0 Å². The average Bonchev–Trinajstić information content (AvgIpc) is 3.45. The lowest BCUT2D eigenvalue weighted by Crippen LogP contribution is -2.46. The van der Waals surface area contributed by atoms with Gasteiger partial charge in [0.15, 0.2) is 12.4 Å². The quantitative estimate of drug-likeness (QED) is 0.145. The number of carbonyl (C=O) groups is 4. The molecule has 2 aromatic rings. The zero-order valence-electron chi connectivity index (χ0n) is 35.9. The van der Waals surface area contributed by atoms with E-state index in [2.05, 4.69) is 5.32 Å². The van der Waals surface area contributed by atoms with Crippen LogP contribution in [0.2, 0.25) is 0 Å². The first-order valence-corrected chi connectivity index (χ1v) is 19.6. The Labute approximate surface area is 345 Å². The fourth-order valence-corrected chi connectivity index (χ4v) is 7.64. The lowest BCUT2D eigenvalue weighted by atomic mass is 9.78. The van der Waals surface area contributed by atoms with Crippen molar-refractivity contribution in [3.8, 4) is 23.0 Å². The van der Waals surface area contributed by atoms with Crippen molar-refractivity contribution < 1.29 is 63.3 Å². The monoisotopic (exact) mass is 825 g/mol. The molecule has 0 spiro atoms. The molecule has 3 heterocycles. The number of ether oxygens (including phenoxy) is 5. The number of Topliss-reactive ketones (excluding diaryl/α,β-unsaturated/α-hetero) is 1. The van der Waals surface area contributed by atoms with Crippen molar-refractivity contribution in [2.75, 3.05) is 39.7 Å². The van der Waals surface area contributed by atoms with E-state index in [9.17, 15) is 39.6 Å². The molecule has 2 amide bonds. The Morgan fingerprint density at radius 2 is 1.63 bits per heavy atom.